The lowest BCUT2D eigenvalue weighted by Crippen LogP contribution is -2.49. The molecule has 1 aromatic heterocycles. The number of rotatable bonds is 8. The first-order valence-corrected chi connectivity index (χ1v) is 7.29. The molecule has 0 radical (unpaired) electrons. The lowest BCUT2D eigenvalue weighted by molar-refractivity contribution is -0.141. The number of ether oxygens (including phenoxy) is 2. The van der Waals surface area contributed by atoms with E-state index in [1.807, 2.05) is 11.5 Å². The summed E-state index contributed by atoms with van der Waals surface area (Å²) in [5, 5.41) is 11.1. The van der Waals surface area contributed by atoms with E-state index in [1.54, 1.807) is 20.5 Å². The van der Waals surface area contributed by atoms with Crippen molar-refractivity contribution in [3.8, 4) is 0 Å². The van der Waals surface area contributed by atoms with E-state index in [0.29, 0.717) is 19.8 Å². The maximum absolute atomic E-state index is 12.5. The van der Waals surface area contributed by atoms with Crippen molar-refractivity contribution in [1.82, 2.24) is 20.1 Å². The van der Waals surface area contributed by atoms with Crippen molar-refractivity contribution >= 4 is 5.91 Å². The Bertz CT molecular complexity index is 471. The number of carbonyl (C=O) groups is 1. The minimum absolute atomic E-state index is 0.0457. The lowest BCUT2D eigenvalue weighted by atomic mass is 9.68. The number of amides is 1. The third-order valence-corrected chi connectivity index (χ3v) is 4.13. The third kappa shape index (κ3) is 3.41. The van der Waals surface area contributed by atoms with Crippen LogP contribution in [0.15, 0.2) is 6.33 Å². The molecule has 2 rings (SSSR count). The monoisotopic (exact) mass is 296 g/mol. The molecule has 21 heavy (non-hydrogen) atoms. The molecule has 7 nitrogen and oxygen atoms in total. The second-order valence-electron chi connectivity index (χ2n) is 5.64. The molecule has 1 aromatic rings. The van der Waals surface area contributed by atoms with Gasteiger partial charge in [-0.05, 0) is 19.8 Å². The van der Waals surface area contributed by atoms with E-state index in [4.69, 9.17) is 9.47 Å². The van der Waals surface area contributed by atoms with Gasteiger partial charge in [-0.3, -0.25) is 4.79 Å². The van der Waals surface area contributed by atoms with Crippen LogP contribution < -0.4 is 5.32 Å². The quantitative estimate of drug-likeness (QED) is 0.771. The van der Waals surface area contributed by atoms with E-state index in [0.717, 1.165) is 25.1 Å². The normalized spacial score (nSPS) is 18.0. The van der Waals surface area contributed by atoms with Gasteiger partial charge in [-0.15, -0.1) is 10.2 Å². The standard InChI is InChI=1S/C14H24N4O3/c1-11(12-17-15-10-18(12)7-8-20-2)16-13(19)14(9-21-3)5-4-6-14/h10-11H,4-9H2,1-3H3,(H,16,19)/t11-/m1/s1. The number of aromatic nitrogens is 3. The maximum Gasteiger partial charge on any atom is 0.229 e. The number of nitrogens with zero attached hydrogens (tertiary/aromatic N) is 3. The molecule has 1 atom stereocenters. The minimum atomic E-state index is -0.361. The van der Waals surface area contributed by atoms with Crippen LogP contribution in [-0.4, -0.2) is 48.1 Å². The van der Waals surface area contributed by atoms with Crippen molar-refractivity contribution in [3.05, 3.63) is 12.2 Å². The smallest absolute Gasteiger partial charge is 0.229 e. The molecule has 7 heteroatoms. The first kappa shape index (κ1) is 15.9. The van der Waals surface area contributed by atoms with Crippen LogP contribution in [0.1, 0.15) is 38.1 Å². The van der Waals surface area contributed by atoms with Gasteiger partial charge in [0.1, 0.15) is 6.33 Å². The summed E-state index contributed by atoms with van der Waals surface area (Å²) in [6.07, 6.45) is 4.51. The molecule has 1 fully saturated rings. The highest BCUT2D eigenvalue weighted by Crippen LogP contribution is 2.41. The highest BCUT2D eigenvalue weighted by molar-refractivity contribution is 5.84. The van der Waals surface area contributed by atoms with Gasteiger partial charge in [-0.2, -0.15) is 0 Å². The molecule has 1 saturated carbocycles. The first-order valence-electron chi connectivity index (χ1n) is 7.29. The number of hydrogen-bond acceptors (Lipinski definition) is 5. The molecule has 118 valence electrons. The van der Waals surface area contributed by atoms with Gasteiger partial charge in [-0.25, -0.2) is 0 Å². The fourth-order valence-corrected chi connectivity index (χ4v) is 2.69. The zero-order valence-corrected chi connectivity index (χ0v) is 13.0. The SMILES string of the molecule is COCCn1cnnc1[C@@H](C)NC(=O)C1(COC)CCC1. The van der Waals surface area contributed by atoms with Gasteiger partial charge in [-0.1, -0.05) is 6.42 Å². The summed E-state index contributed by atoms with van der Waals surface area (Å²) < 4.78 is 12.2. The molecule has 0 unspecified atom stereocenters. The predicted octanol–water partition coefficient (Wildman–Crippen LogP) is 0.918. The van der Waals surface area contributed by atoms with Gasteiger partial charge < -0.3 is 19.4 Å². The van der Waals surface area contributed by atoms with Gasteiger partial charge in [0, 0.05) is 20.8 Å². The Hall–Kier alpha value is -1.47. The molecule has 0 spiro atoms. The van der Waals surface area contributed by atoms with Crippen LogP contribution in [0, 0.1) is 5.41 Å². The van der Waals surface area contributed by atoms with Gasteiger partial charge in [0.2, 0.25) is 5.91 Å². The lowest BCUT2D eigenvalue weighted by Gasteiger charge is -2.40. The van der Waals surface area contributed by atoms with Gasteiger partial charge in [0.15, 0.2) is 5.82 Å². The molecule has 1 aliphatic carbocycles. The average molecular weight is 296 g/mol. The summed E-state index contributed by atoms with van der Waals surface area (Å²) in [5.41, 5.74) is -0.361. The van der Waals surface area contributed by atoms with Crippen molar-refractivity contribution in [1.29, 1.82) is 0 Å². The Kier molecular flexibility index (Phi) is 5.30. The van der Waals surface area contributed by atoms with E-state index in [-0.39, 0.29) is 17.4 Å². The fourth-order valence-electron chi connectivity index (χ4n) is 2.69. The number of hydrogen-bond donors (Lipinski definition) is 1. The number of carbonyl (C=O) groups excluding carboxylic acids is 1. The summed E-state index contributed by atoms with van der Waals surface area (Å²) in [6, 6.07) is -0.189. The summed E-state index contributed by atoms with van der Waals surface area (Å²) in [4.78, 5) is 12.5. The Morgan fingerprint density at radius 1 is 1.48 bits per heavy atom. The van der Waals surface area contributed by atoms with Gasteiger partial charge in [0.25, 0.3) is 0 Å². The molecule has 0 aliphatic heterocycles. The molecule has 1 heterocycles. The van der Waals surface area contributed by atoms with E-state index in [2.05, 4.69) is 15.5 Å². The second-order valence-corrected chi connectivity index (χ2v) is 5.64. The highest BCUT2D eigenvalue weighted by Gasteiger charge is 2.44. The zero-order valence-electron chi connectivity index (χ0n) is 13.0. The van der Waals surface area contributed by atoms with Crippen LogP contribution >= 0.6 is 0 Å². The van der Waals surface area contributed by atoms with Crippen molar-refractivity contribution in [2.75, 3.05) is 27.4 Å². The number of methoxy groups -OCH3 is 2. The molecular formula is C14H24N4O3. The molecule has 1 amide bonds. The fraction of sp³-hybridized carbons (Fsp3) is 0.786. The Balaban J connectivity index is 1.99. The summed E-state index contributed by atoms with van der Waals surface area (Å²) in [7, 11) is 3.29. The highest BCUT2D eigenvalue weighted by atomic mass is 16.5. The van der Waals surface area contributed by atoms with Crippen LogP contribution in [0.3, 0.4) is 0 Å². The Morgan fingerprint density at radius 3 is 2.81 bits per heavy atom. The average Bonchev–Trinajstić information content (AvgIpc) is 2.88. The Morgan fingerprint density at radius 2 is 2.24 bits per heavy atom. The molecule has 0 saturated heterocycles. The summed E-state index contributed by atoms with van der Waals surface area (Å²) in [6.45, 7) is 3.65. The third-order valence-electron chi connectivity index (χ3n) is 4.13. The van der Waals surface area contributed by atoms with E-state index in [1.165, 1.54) is 0 Å². The first-order chi connectivity index (χ1) is 10.1. The van der Waals surface area contributed by atoms with Crippen molar-refractivity contribution in [3.63, 3.8) is 0 Å². The zero-order chi connectivity index (χ0) is 15.3. The van der Waals surface area contributed by atoms with E-state index in [9.17, 15) is 4.79 Å². The van der Waals surface area contributed by atoms with Crippen molar-refractivity contribution in [2.24, 2.45) is 5.41 Å². The molecule has 1 N–H and O–H groups in total. The van der Waals surface area contributed by atoms with E-state index >= 15 is 0 Å². The molecule has 0 bridgehead atoms. The van der Waals surface area contributed by atoms with Crippen LogP contribution in [0.2, 0.25) is 0 Å². The second kappa shape index (κ2) is 7.00. The molecular weight excluding hydrogens is 272 g/mol. The Labute approximate surface area is 125 Å². The minimum Gasteiger partial charge on any atom is -0.384 e. The summed E-state index contributed by atoms with van der Waals surface area (Å²) >= 11 is 0. The summed E-state index contributed by atoms with van der Waals surface area (Å²) in [5.74, 6) is 0.789. The van der Waals surface area contributed by atoms with Crippen LogP contribution in [0.4, 0.5) is 0 Å². The predicted molar refractivity (Wildman–Crippen MR) is 76.6 cm³/mol. The van der Waals surface area contributed by atoms with Crippen LogP contribution in [0.5, 0.6) is 0 Å². The van der Waals surface area contributed by atoms with Gasteiger partial charge in [0.05, 0.1) is 24.7 Å². The topological polar surface area (TPSA) is 78.3 Å². The van der Waals surface area contributed by atoms with Crippen LogP contribution in [-0.2, 0) is 20.8 Å². The largest absolute Gasteiger partial charge is 0.384 e. The molecule has 1 aliphatic rings. The van der Waals surface area contributed by atoms with Crippen LogP contribution in [0.25, 0.3) is 0 Å². The number of nitrogens with one attached hydrogen (secondary N) is 1. The van der Waals surface area contributed by atoms with Gasteiger partial charge >= 0.3 is 0 Å². The molecule has 0 aromatic carbocycles. The van der Waals surface area contributed by atoms with Crippen molar-refractivity contribution in [2.45, 2.75) is 38.8 Å². The maximum atomic E-state index is 12.5. The van der Waals surface area contributed by atoms with E-state index < -0.39 is 0 Å². The van der Waals surface area contributed by atoms with Crippen molar-refractivity contribution < 1.29 is 14.3 Å².